The number of nitrogens with one attached hydrogen (secondary N) is 1. The fourth-order valence-electron chi connectivity index (χ4n) is 1.78. The zero-order valence-electron chi connectivity index (χ0n) is 11.3. The van der Waals surface area contributed by atoms with Gasteiger partial charge in [-0.2, -0.15) is 0 Å². The molecular weight excluding hydrogens is 214 g/mol. The zero-order valence-corrected chi connectivity index (χ0v) is 11.3. The minimum atomic E-state index is 0.00786. The molecule has 0 aromatic carbocycles. The summed E-state index contributed by atoms with van der Waals surface area (Å²) in [6.07, 6.45) is 3.75. The van der Waals surface area contributed by atoms with Crippen LogP contribution in [0.2, 0.25) is 0 Å². The molecule has 0 spiro atoms. The van der Waals surface area contributed by atoms with Gasteiger partial charge in [0.25, 0.3) is 0 Å². The van der Waals surface area contributed by atoms with E-state index in [1.807, 2.05) is 6.20 Å². The number of ether oxygens (including phenoxy) is 1. The third-order valence-corrected chi connectivity index (χ3v) is 2.82. The van der Waals surface area contributed by atoms with E-state index in [-0.39, 0.29) is 6.10 Å². The summed E-state index contributed by atoms with van der Waals surface area (Å²) in [5, 5.41) is 3.30. The van der Waals surface area contributed by atoms with Gasteiger partial charge in [0.05, 0.1) is 0 Å². The Morgan fingerprint density at radius 2 is 2.12 bits per heavy atom. The maximum absolute atomic E-state index is 5.37. The molecule has 0 aliphatic carbocycles. The van der Waals surface area contributed by atoms with Crippen molar-refractivity contribution in [2.45, 2.75) is 46.3 Å². The number of aromatic nitrogens is 2. The molecule has 0 aliphatic rings. The minimum Gasteiger partial charge on any atom is -0.373 e. The average molecular weight is 237 g/mol. The predicted octanol–water partition coefficient (Wildman–Crippen LogP) is 2.25. The van der Waals surface area contributed by atoms with Crippen molar-refractivity contribution in [1.29, 1.82) is 0 Å². The highest BCUT2D eigenvalue weighted by Gasteiger charge is 2.13. The Labute approximate surface area is 104 Å². The van der Waals surface area contributed by atoms with Gasteiger partial charge in [0.1, 0.15) is 6.10 Å². The van der Waals surface area contributed by atoms with Gasteiger partial charge < -0.3 is 10.1 Å². The lowest BCUT2D eigenvalue weighted by molar-refractivity contribution is 0.0923. The fourth-order valence-corrected chi connectivity index (χ4v) is 1.78. The van der Waals surface area contributed by atoms with Gasteiger partial charge in [0, 0.05) is 31.1 Å². The van der Waals surface area contributed by atoms with Crippen molar-refractivity contribution in [3.8, 4) is 0 Å². The molecule has 1 rings (SSSR count). The number of hydrogen-bond acceptors (Lipinski definition) is 4. The van der Waals surface area contributed by atoms with Gasteiger partial charge in [-0.25, -0.2) is 9.97 Å². The molecule has 96 valence electrons. The zero-order chi connectivity index (χ0) is 12.7. The summed E-state index contributed by atoms with van der Waals surface area (Å²) in [4.78, 5) is 9.02. The van der Waals surface area contributed by atoms with Gasteiger partial charge in [0.15, 0.2) is 5.82 Å². The van der Waals surface area contributed by atoms with Gasteiger partial charge in [-0.15, -0.1) is 0 Å². The van der Waals surface area contributed by atoms with Gasteiger partial charge >= 0.3 is 0 Å². The van der Waals surface area contributed by atoms with Crippen molar-refractivity contribution in [1.82, 2.24) is 15.3 Å². The minimum absolute atomic E-state index is 0.00786. The summed E-state index contributed by atoms with van der Waals surface area (Å²) >= 11 is 0. The van der Waals surface area contributed by atoms with Crippen LogP contribution in [-0.2, 0) is 17.7 Å². The maximum Gasteiger partial charge on any atom is 0.157 e. The second-order valence-corrected chi connectivity index (χ2v) is 3.97. The van der Waals surface area contributed by atoms with E-state index in [0.717, 1.165) is 37.4 Å². The second-order valence-electron chi connectivity index (χ2n) is 3.97. The van der Waals surface area contributed by atoms with Crippen LogP contribution in [0.25, 0.3) is 0 Å². The van der Waals surface area contributed by atoms with Crippen molar-refractivity contribution < 1.29 is 4.74 Å². The lowest BCUT2D eigenvalue weighted by atomic mass is 10.1. The van der Waals surface area contributed by atoms with E-state index in [0.29, 0.717) is 0 Å². The first-order valence-electron chi connectivity index (χ1n) is 6.34. The molecule has 0 aliphatic heterocycles. The van der Waals surface area contributed by atoms with Gasteiger partial charge in [-0.3, -0.25) is 0 Å². The van der Waals surface area contributed by atoms with Gasteiger partial charge in [-0.1, -0.05) is 20.8 Å². The number of aryl methyl sites for hydroxylation is 1. The molecule has 0 fully saturated rings. The molecular formula is C13H23N3O. The van der Waals surface area contributed by atoms with E-state index in [1.165, 1.54) is 5.56 Å². The van der Waals surface area contributed by atoms with Crippen LogP contribution in [0.5, 0.6) is 0 Å². The highest BCUT2D eigenvalue weighted by Crippen LogP contribution is 2.17. The van der Waals surface area contributed by atoms with Crippen LogP contribution in [0.15, 0.2) is 6.20 Å². The normalized spacial score (nSPS) is 12.7. The molecule has 1 N–H and O–H groups in total. The molecule has 0 saturated carbocycles. The number of methoxy groups -OCH3 is 1. The first kappa shape index (κ1) is 14.1. The third kappa shape index (κ3) is 3.75. The van der Waals surface area contributed by atoms with Crippen molar-refractivity contribution in [3.63, 3.8) is 0 Å². The average Bonchev–Trinajstić information content (AvgIpc) is 2.38. The summed E-state index contributed by atoms with van der Waals surface area (Å²) in [5.41, 5.74) is 2.30. The number of nitrogens with zero attached hydrogens (tertiary/aromatic N) is 2. The monoisotopic (exact) mass is 237 g/mol. The molecule has 0 amide bonds. The van der Waals surface area contributed by atoms with Crippen LogP contribution in [0.4, 0.5) is 0 Å². The van der Waals surface area contributed by atoms with E-state index < -0.39 is 0 Å². The largest absolute Gasteiger partial charge is 0.373 e. The fraction of sp³-hybridized carbons (Fsp3) is 0.692. The van der Waals surface area contributed by atoms with Crippen molar-refractivity contribution in [2.24, 2.45) is 0 Å². The highest BCUT2D eigenvalue weighted by atomic mass is 16.5. The van der Waals surface area contributed by atoms with Gasteiger partial charge in [-0.05, 0) is 19.4 Å². The molecule has 0 saturated heterocycles. The molecule has 17 heavy (non-hydrogen) atoms. The van der Waals surface area contributed by atoms with E-state index in [1.54, 1.807) is 7.11 Å². The molecule has 0 radical (unpaired) electrons. The van der Waals surface area contributed by atoms with Crippen LogP contribution in [-0.4, -0.2) is 23.6 Å². The molecule has 0 bridgehead atoms. The number of hydrogen-bond donors (Lipinski definition) is 1. The van der Waals surface area contributed by atoms with Crippen LogP contribution >= 0.6 is 0 Å². The number of rotatable bonds is 7. The Morgan fingerprint density at radius 3 is 2.65 bits per heavy atom. The summed E-state index contributed by atoms with van der Waals surface area (Å²) in [7, 11) is 1.70. The molecule has 1 aromatic heterocycles. The Bertz CT molecular complexity index is 337. The lowest BCUT2D eigenvalue weighted by Crippen LogP contribution is -2.16. The molecule has 1 heterocycles. The van der Waals surface area contributed by atoms with Crippen LogP contribution in [0.3, 0.4) is 0 Å². The quantitative estimate of drug-likeness (QED) is 0.790. The van der Waals surface area contributed by atoms with E-state index in [4.69, 9.17) is 4.74 Å². The third-order valence-electron chi connectivity index (χ3n) is 2.82. The lowest BCUT2D eigenvalue weighted by Gasteiger charge is -2.14. The molecule has 1 aromatic rings. The SMILES string of the molecule is CCNCc1cnc(C(CC)OC)nc1CC. The van der Waals surface area contributed by atoms with E-state index in [9.17, 15) is 0 Å². The van der Waals surface area contributed by atoms with Crippen LogP contribution < -0.4 is 5.32 Å². The second kappa shape index (κ2) is 7.35. The Kier molecular flexibility index (Phi) is 6.08. The first-order chi connectivity index (χ1) is 8.26. The maximum atomic E-state index is 5.37. The first-order valence-corrected chi connectivity index (χ1v) is 6.34. The van der Waals surface area contributed by atoms with Gasteiger partial charge in [0.2, 0.25) is 0 Å². The Morgan fingerprint density at radius 1 is 1.35 bits per heavy atom. The smallest absolute Gasteiger partial charge is 0.157 e. The van der Waals surface area contributed by atoms with Crippen LogP contribution in [0, 0.1) is 0 Å². The predicted molar refractivity (Wildman–Crippen MR) is 68.8 cm³/mol. The molecule has 1 unspecified atom stereocenters. The standard InChI is InChI=1S/C13H23N3O/c1-5-11-10(8-14-7-3)9-15-13(16-11)12(6-2)17-4/h9,12,14H,5-8H2,1-4H3. The Balaban J connectivity index is 2.90. The molecule has 4 nitrogen and oxygen atoms in total. The van der Waals surface area contributed by atoms with Crippen molar-refractivity contribution in [3.05, 3.63) is 23.3 Å². The molecule has 1 atom stereocenters. The summed E-state index contributed by atoms with van der Waals surface area (Å²) in [6.45, 7) is 8.09. The van der Waals surface area contributed by atoms with E-state index in [2.05, 4.69) is 36.1 Å². The highest BCUT2D eigenvalue weighted by molar-refractivity contribution is 5.18. The van der Waals surface area contributed by atoms with Crippen molar-refractivity contribution in [2.75, 3.05) is 13.7 Å². The Hall–Kier alpha value is -1.00. The van der Waals surface area contributed by atoms with E-state index >= 15 is 0 Å². The summed E-state index contributed by atoms with van der Waals surface area (Å²) < 4.78 is 5.37. The van der Waals surface area contributed by atoms with Crippen LogP contribution in [0.1, 0.15) is 50.4 Å². The van der Waals surface area contributed by atoms with Crippen molar-refractivity contribution >= 4 is 0 Å². The summed E-state index contributed by atoms with van der Waals surface area (Å²) in [6, 6.07) is 0. The molecule has 4 heteroatoms. The topological polar surface area (TPSA) is 47.0 Å². The summed E-state index contributed by atoms with van der Waals surface area (Å²) in [5.74, 6) is 0.798.